The molecule has 2 aromatic carbocycles. The second-order valence-corrected chi connectivity index (χ2v) is 4.88. The first-order valence-corrected chi connectivity index (χ1v) is 6.80. The van der Waals surface area contributed by atoms with E-state index in [9.17, 15) is 18.0 Å². The van der Waals surface area contributed by atoms with Gasteiger partial charge in [0.05, 0.1) is 12.5 Å². The minimum absolute atomic E-state index is 0.0890. The molecule has 2 rings (SSSR count). The number of alkyl halides is 3. The van der Waals surface area contributed by atoms with Gasteiger partial charge in [-0.2, -0.15) is 18.4 Å². The van der Waals surface area contributed by atoms with Crippen molar-refractivity contribution in [3.63, 3.8) is 0 Å². The molecule has 1 amide bonds. The van der Waals surface area contributed by atoms with Crippen molar-refractivity contribution in [2.75, 3.05) is 11.4 Å². The number of nitrogens with zero attached hydrogens (tertiary/aromatic N) is 2. The number of amides is 1. The van der Waals surface area contributed by atoms with E-state index < -0.39 is 18.6 Å². The van der Waals surface area contributed by atoms with Crippen molar-refractivity contribution in [2.24, 2.45) is 0 Å². The Morgan fingerprint density at radius 1 is 1.09 bits per heavy atom. The van der Waals surface area contributed by atoms with E-state index in [2.05, 4.69) is 0 Å². The van der Waals surface area contributed by atoms with E-state index in [0.717, 1.165) is 0 Å². The third-order valence-corrected chi connectivity index (χ3v) is 3.11. The van der Waals surface area contributed by atoms with Crippen LogP contribution in [0.2, 0.25) is 0 Å². The van der Waals surface area contributed by atoms with Crippen LogP contribution in [0.15, 0.2) is 54.6 Å². The van der Waals surface area contributed by atoms with Crippen molar-refractivity contribution >= 4 is 11.6 Å². The summed E-state index contributed by atoms with van der Waals surface area (Å²) in [6.07, 6.45) is -4.43. The van der Waals surface area contributed by atoms with Crippen LogP contribution in [0.25, 0.3) is 0 Å². The Labute approximate surface area is 131 Å². The molecule has 0 aliphatic rings. The molecular weight excluding hydrogens is 305 g/mol. The number of benzene rings is 2. The zero-order chi connectivity index (χ0) is 16.9. The maximum Gasteiger partial charge on any atom is 0.406 e. The van der Waals surface area contributed by atoms with Gasteiger partial charge in [-0.05, 0) is 29.8 Å². The van der Waals surface area contributed by atoms with Crippen molar-refractivity contribution < 1.29 is 18.0 Å². The van der Waals surface area contributed by atoms with Crippen LogP contribution in [0.5, 0.6) is 0 Å². The summed E-state index contributed by atoms with van der Waals surface area (Å²) >= 11 is 0. The molecule has 0 saturated carbocycles. The number of hydrogen-bond acceptors (Lipinski definition) is 2. The Hall–Kier alpha value is -2.81. The van der Waals surface area contributed by atoms with Gasteiger partial charge < -0.3 is 0 Å². The fourth-order valence-corrected chi connectivity index (χ4v) is 2.13. The lowest BCUT2D eigenvalue weighted by molar-refractivity contribution is -0.118. The van der Waals surface area contributed by atoms with E-state index >= 15 is 0 Å². The lowest BCUT2D eigenvalue weighted by Crippen LogP contribution is -2.39. The van der Waals surface area contributed by atoms with Gasteiger partial charge in [-0.25, -0.2) is 0 Å². The van der Waals surface area contributed by atoms with Crippen molar-refractivity contribution in [3.8, 4) is 6.07 Å². The van der Waals surface area contributed by atoms with Gasteiger partial charge in [0.15, 0.2) is 0 Å². The highest BCUT2D eigenvalue weighted by molar-refractivity contribution is 6.06. The zero-order valence-electron chi connectivity index (χ0n) is 12.0. The number of nitriles is 1. The summed E-state index contributed by atoms with van der Waals surface area (Å²) in [4.78, 5) is 13.2. The first-order valence-electron chi connectivity index (χ1n) is 6.80. The van der Waals surface area contributed by atoms with Crippen LogP contribution in [-0.4, -0.2) is 18.6 Å². The van der Waals surface area contributed by atoms with Crippen LogP contribution in [0.4, 0.5) is 18.9 Å². The quantitative estimate of drug-likeness (QED) is 0.856. The Kier molecular flexibility index (Phi) is 5.02. The van der Waals surface area contributed by atoms with Crippen molar-refractivity contribution in [2.45, 2.75) is 12.6 Å². The summed E-state index contributed by atoms with van der Waals surface area (Å²) in [5.74, 6) is -0.756. The largest absolute Gasteiger partial charge is 0.406 e. The molecule has 118 valence electrons. The molecule has 0 atom stereocenters. The number of rotatable bonds is 4. The molecule has 2 aromatic rings. The molecule has 0 unspecified atom stereocenters. The van der Waals surface area contributed by atoms with Gasteiger partial charge in [-0.3, -0.25) is 9.69 Å². The minimum atomic E-state index is -4.52. The normalized spacial score (nSPS) is 10.9. The number of halogens is 3. The smallest absolute Gasteiger partial charge is 0.299 e. The van der Waals surface area contributed by atoms with E-state index in [1.807, 2.05) is 6.07 Å². The first kappa shape index (κ1) is 16.6. The van der Waals surface area contributed by atoms with E-state index in [1.54, 1.807) is 30.3 Å². The zero-order valence-corrected chi connectivity index (χ0v) is 12.0. The minimum Gasteiger partial charge on any atom is -0.299 e. The Bertz CT molecular complexity index is 721. The number of para-hydroxylation sites is 1. The molecule has 6 heteroatoms. The van der Waals surface area contributed by atoms with Crippen molar-refractivity contribution in [1.82, 2.24) is 0 Å². The van der Waals surface area contributed by atoms with Crippen LogP contribution >= 0.6 is 0 Å². The fraction of sp³-hybridized carbons (Fsp3) is 0.176. The topological polar surface area (TPSA) is 44.1 Å². The van der Waals surface area contributed by atoms with E-state index in [0.29, 0.717) is 10.5 Å². The van der Waals surface area contributed by atoms with Gasteiger partial charge in [-0.15, -0.1) is 0 Å². The molecule has 3 nitrogen and oxygen atoms in total. The molecular formula is C17H13F3N2O. The Morgan fingerprint density at radius 3 is 2.39 bits per heavy atom. The molecule has 0 radical (unpaired) electrons. The lowest BCUT2D eigenvalue weighted by Gasteiger charge is -2.24. The van der Waals surface area contributed by atoms with Crippen LogP contribution < -0.4 is 4.90 Å². The standard InChI is InChI=1S/C17H13F3N2O/c18-17(19,20)12-22(15-7-2-1-3-8-15)16(23)14-6-4-5-13(11-14)9-10-21/h1-8,11H,9,12H2. The van der Waals surface area contributed by atoms with Gasteiger partial charge in [0.2, 0.25) is 0 Å². The summed E-state index contributed by atoms with van der Waals surface area (Å²) < 4.78 is 38.5. The number of hydrogen-bond donors (Lipinski definition) is 0. The number of carbonyl (C=O) groups excluding carboxylic acids is 1. The third kappa shape index (κ3) is 4.58. The Balaban J connectivity index is 2.37. The first-order chi connectivity index (χ1) is 10.9. The fourth-order valence-electron chi connectivity index (χ4n) is 2.13. The lowest BCUT2D eigenvalue weighted by atomic mass is 10.1. The van der Waals surface area contributed by atoms with E-state index in [-0.39, 0.29) is 17.7 Å². The molecule has 0 aromatic heterocycles. The van der Waals surface area contributed by atoms with Crippen LogP contribution in [-0.2, 0) is 6.42 Å². The SMILES string of the molecule is N#CCc1cccc(C(=O)N(CC(F)(F)F)c2ccccc2)c1. The predicted octanol–water partition coefficient (Wildman–Crippen LogP) is 3.96. The molecule has 0 saturated heterocycles. The third-order valence-electron chi connectivity index (χ3n) is 3.11. The van der Waals surface area contributed by atoms with Crippen molar-refractivity contribution in [3.05, 3.63) is 65.7 Å². The van der Waals surface area contributed by atoms with Gasteiger partial charge in [0.1, 0.15) is 6.54 Å². The highest BCUT2D eigenvalue weighted by Gasteiger charge is 2.34. The molecule has 0 fully saturated rings. The van der Waals surface area contributed by atoms with Gasteiger partial charge in [-0.1, -0.05) is 30.3 Å². The maximum atomic E-state index is 12.8. The summed E-state index contributed by atoms with van der Waals surface area (Å²) in [5.41, 5.74) is 0.865. The molecule has 0 N–H and O–H groups in total. The summed E-state index contributed by atoms with van der Waals surface area (Å²) in [7, 11) is 0. The van der Waals surface area contributed by atoms with E-state index in [1.165, 1.54) is 24.3 Å². The average Bonchev–Trinajstić information content (AvgIpc) is 2.53. The maximum absolute atomic E-state index is 12.8. The van der Waals surface area contributed by atoms with Crippen molar-refractivity contribution in [1.29, 1.82) is 5.26 Å². The van der Waals surface area contributed by atoms with Crippen LogP contribution in [0.3, 0.4) is 0 Å². The second kappa shape index (κ2) is 6.97. The molecule has 0 bridgehead atoms. The summed E-state index contributed by atoms with van der Waals surface area (Å²) in [5, 5.41) is 8.70. The summed E-state index contributed by atoms with van der Waals surface area (Å²) in [6, 6.07) is 15.7. The second-order valence-electron chi connectivity index (χ2n) is 4.88. The number of carbonyl (C=O) groups is 1. The van der Waals surface area contributed by atoms with E-state index in [4.69, 9.17) is 5.26 Å². The molecule has 0 spiro atoms. The van der Waals surface area contributed by atoms with Gasteiger partial charge in [0.25, 0.3) is 5.91 Å². The highest BCUT2D eigenvalue weighted by atomic mass is 19.4. The average molecular weight is 318 g/mol. The molecule has 23 heavy (non-hydrogen) atoms. The predicted molar refractivity (Wildman–Crippen MR) is 79.9 cm³/mol. The molecule has 0 aliphatic heterocycles. The van der Waals surface area contributed by atoms with Gasteiger partial charge in [0, 0.05) is 11.3 Å². The van der Waals surface area contributed by atoms with Crippen LogP contribution in [0.1, 0.15) is 15.9 Å². The van der Waals surface area contributed by atoms with Gasteiger partial charge >= 0.3 is 6.18 Å². The Morgan fingerprint density at radius 2 is 1.78 bits per heavy atom. The molecule has 0 aliphatic carbocycles. The molecule has 0 heterocycles. The number of anilines is 1. The van der Waals surface area contributed by atoms with Crippen LogP contribution in [0, 0.1) is 11.3 Å². The monoisotopic (exact) mass is 318 g/mol. The summed E-state index contributed by atoms with van der Waals surface area (Å²) in [6.45, 7) is -1.38. The highest BCUT2D eigenvalue weighted by Crippen LogP contribution is 2.24.